The van der Waals surface area contributed by atoms with Gasteiger partial charge in [-0.3, -0.25) is 9.48 Å². The minimum atomic E-state index is -0.0963. The zero-order valence-corrected chi connectivity index (χ0v) is 11.5. The molecule has 0 saturated heterocycles. The van der Waals surface area contributed by atoms with Gasteiger partial charge in [0, 0.05) is 38.2 Å². The number of aromatic nitrogens is 3. The van der Waals surface area contributed by atoms with Gasteiger partial charge in [0.05, 0.1) is 5.56 Å². The van der Waals surface area contributed by atoms with Crippen LogP contribution in [0, 0.1) is 0 Å². The highest BCUT2D eigenvalue weighted by Gasteiger charge is 2.05. The standard InChI is InChI=1S/C14H19N5O/c1-2-15-13-6-5-12(11-17-13)14(20)16-7-3-9-19-10-4-8-18-19/h4-6,8,10-11H,2-3,7,9H2,1H3,(H,15,17)(H,16,20). The van der Waals surface area contributed by atoms with E-state index in [1.807, 2.05) is 29.9 Å². The van der Waals surface area contributed by atoms with E-state index in [1.165, 1.54) is 0 Å². The van der Waals surface area contributed by atoms with Gasteiger partial charge in [0.2, 0.25) is 0 Å². The van der Waals surface area contributed by atoms with Gasteiger partial charge in [-0.1, -0.05) is 0 Å². The smallest absolute Gasteiger partial charge is 0.252 e. The van der Waals surface area contributed by atoms with Crippen molar-refractivity contribution in [3.05, 3.63) is 42.4 Å². The second-order valence-corrected chi connectivity index (χ2v) is 4.34. The Hall–Kier alpha value is -2.37. The maximum atomic E-state index is 11.9. The number of rotatable bonds is 7. The molecule has 0 aliphatic rings. The average Bonchev–Trinajstić information content (AvgIpc) is 2.98. The van der Waals surface area contributed by atoms with Gasteiger partial charge < -0.3 is 10.6 Å². The van der Waals surface area contributed by atoms with Crippen LogP contribution in [0.3, 0.4) is 0 Å². The van der Waals surface area contributed by atoms with E-state index in [4.69, 9.17) is 0 Å². The Balaban J connectivity index is 1.73. The first-order valence-electron chi connectivity index (χ1n) is 6.75. The van der Waals surface area contributed by atoms with Crippen LogP contribution in [0.1, 0.15) is 23.7 Å². The van der Waals surface area contributed by atoms with E-state index in [1.54, 1.807) is 18.5 Å². The Bertz CT molecular complexity index is 521. The fourth-order valence-corrected chi connectivity index (χ4v) is 1.79. The zero-order chi connectivity index (χ0) is 14.2. The summed E-state index contributed by atoms with van der Waals surface area (Å²) in [5.74, 6) is 0.684. The van der Waals surface area contributed by atoms with E-state index in [9.17, 15) is 4.79 Å². The highest BCUT2D eigenvalue weighted by molar-refractivity contribution is 5.93. The van der Waals surface area contributed by atoms with Crippen LogP contribution >= 0.6 is 0 Å². The largest absolute Gasteiger partial charge is 0.370 e. The molecule has 0 aliphatic carbocycles. The van der Waals surface area contributed by atoms with Crippen LogP contribution in [0.15, 0.2) is 36.8 Å². The normalized spacial score (nSPS) is 10.2. The third-order valence-corrected chi connectivity index (χ3v) is 2.79. The maximum absolute atomic E-state index is 11.9. The molecule has 0 unspecified atom stereocenters. The predicted molar refractivity (Wildman–Crippen MR) is 77.6 cm³/mol. The summed E-state index contributed by atoms with van der Waals surface area (Å²) in [4.78, 5) is 16.1. The molecule has 0 aliphatic heterocycles. The van der Waals surface area contributed by atoms with Gasteiger partial charge in [0.25, 0.3) is 5.91 Å². The lowest BCUT2D eigenvalue weighted by molar-refractivity contribution is 0.0952. The predicted octanol–water partition coefficient (Wildman–Crippen LogP) is 1.53. The topological polar surface area (TPSA) is 71.8 Å². The fourth-order valence-electron chi connectivity index (χ4n) is 1.79. The molecule has 0 saturated carbocycles. The van der Waals surface area contributed by atoms with Crippen molar-refractivity contribution in [3.8, 4) is 0 Å². The van der Waals surface area contributed by atoms with E-state index in [0.717, 1.165) is 25.3 Å². The van der Waals surface area contributed by atoms with Crippen LogP contribution in [0.4, 0.5) is 5.82 Å². The summed E-state index contributed by atoms with van der Waals surface area (Å²) in [5.41, 5.74) is 0.575. The summed E-state index contributed by atoms with van der Waals surface area (Å²) < 4.78 is 1.85. The van der Waals surface area contributed by atoms with E-state index in [0.29, 0.717) is 12.1 Å². The molecule has 6 nitrogen and oxygen atoms in total. The number of nitrogens with zero attached hydrogens (tertiary/aromatic N) is 3. The third-order valence-electron chi connectivity index (χ3n) is 2.79. The average molecular weight is 273 g/mol. The van der Waals surface area contributed by atoms with E-state index >= 15 is 0 Å². The number of nitrogens with one attached hydrogen (secondary N) is 2. The minimum absolute atomic E-state index is 0.0963. The molecule has 0 fully saturated rings. The molecule has 2 rings (SSSR count). The third kappa shape index (κ3) is 4.08. The lowest BCUT2D eigenvalue weighted by Crippen LogP contribution is -2.25. The molecule has 2 N–H and O–H groups in total. The number of aryl methyl sites for hydroxylation is 1. The molecule has 20 heavy (non-hydrogen) atoms. The molecule has 0 spiro atoms. The van der Waals surface area contributed by atoms with Crippen molar-refractivity contribution < 1.29 is 4.79 Å². The molecule has 2 heterocycles. The lowest BCUT2D eigenvalue weighted by atomic mass is 10.2. The monoisotopic (exact) mass is 273 g/mol. The second-order valence-electron chi connectivity index (χ2n) is 4.34. The number of carbonyl (C=O) groups excluding carboxylic acids is 1. The Morgan fingerprint density at radius 1 is 1.40 bits per heavy atom. The molecule has 0 bridgehead atoms. The van der Waals surface area contributed by atoms with Crippen LogP contribution in [-0.2, 0) is 6.54 Å². The summed E-state index contributed by atoms with van der Waals surface area (Å²) in [6.07, 6.45) is 6.08. The van der Waals surface area contributed by atoms with Crippen molar-refractivity contribution in [1.29, 1.82) is 0 Å². The first kappa shape index (κ1) is 14.0. The van der Waals surface area contributed by atoms with Crippen molar-refractivity contribution in [2.24, 2.45) is 0 Å². The van der Waals surface area contributed by atoms with Crippen molar-refractivity contribution >= 4 is 11.7 Å². The van der Waals surface area contributed by atoms with E-state index in [2.05, 4.69) is 20.7 Å². The first-order valence-corrected chi connectivity index (χ1v) is 6.75. The van der Waals surface area contributed by atoms with Gasteiger partial charge >= 0.3 is 0 Å². The van der Waals surface area contributed by atoms with E-state index in [-0.39, 0.29) is 5.91 Å². The molecular formula is C14H19N5O. The SMILES string of the molecule is CCNc1ccc(C(=O)NCCCn2cccn2)cn1. The Morgan fingerprint density at radius 2 is 2.30 bits per heavy atom. The van der Waals surface area contributed by atoms with Gasteiger partial charge in [0.15, 0.2) is 0 Å². The molecule has 106 valence electrons. The highest BCUT2D eigenvalue weighted by atomic mass is 16.1. The summed E-state index contributed by atoms with van der Waals surface area (Å²) in [6, 6.07) is 5.46. The number of pyridine rings is 1. The van der Waals surface area contributed by atoms with E-state index < -0.39 is 0 Å². The number of hydrogen-bond acceptors (Lipinski definition) is 4. The van der Waals surface area contributed by atoms with Crippen molar-refractivity contribution in [2.75, 3.05) is 18.4 Å². The van der Waals surface area contributed by atoms with Crippen molar-refractivity contribution in [3.63, 3.8) is 0 Å². The van der Waals surface area contributed by atoms with Gasteiger partial charge in [-0.25, -0.2) is 4.98 Å². The van der Waals surface area contributed by atoms with Crippen LogP contribution in [0.5, 0.6) is 0 Å². The van der Waals surface area contributed by atoms with Crippen LogP contribution in [0.2, 0.25) is 0 Å². The molecule has 6 heteroatoms. The number of anilines is 1. The molecule has 2 aromatic heterocycles. The molecule has 1 amide bonds. The van der Waals surface area contributed by atoms with Gasteiger partial charge in [-0.05, 0) is 31.5 Å². The summed E-state index contributed by atoms with van der Waals surface area (Å²) in [7, 11) is 0. The summed E-state index contributed by atoms with van der Waals surface area (Å²) in [5, 5.41) is 10.1. The molecule has 0 radical (unpaired) electrons. The van der Waals surface area contributed by atoms with Crippen LogP contribution in [-0.4, -0.2) is 33.8 Å². The molecule has 0 atom stereocenters. The summed E-state index contributed by atoms with van der Waals surface area (Å²) in [6.45, 7) is 4.23. The number of carbonyl (C=O) groups is 1. The number of hydrogen-bond donors (Lipinski definition) is 2. The summed E-state index contributed by atoms with van der Waals surface area (Å²) >= 11 is 0. The van der Waals surface area contributed by atoms with Crippen molar-refractivity contribution in [2.45, 2.75) is 19.9 Å². The number of amides is 1. The molecule has 0 aromatic carbocycles. The van der Waals surface area contributed by atoms with Crippen molar-refractivity contribution in [1.82, 2.24) is 20.1 Å². The second kappa shape index (κ2) is 7.28. The highest BCUT2D eigenvalue weighted by Crippen LogP contribution is 2.04. The quantitative estimate of drug-likeness (QED) is 0.750. The minimum Gasteiger partial charge on any atom is -0.370 e. The Morgan fingerprint density at radius 3 is 2.95 bits per heavy atom. The van der Waals surface area contributed by atoms with Gasteiger partial charge in [-0.15, -0.1) is 0 Å². The fraction of sp³-hybridized carbons (Fsp3) is 0.357. The van der Waals surface area contributed by atoms with Gasteiger partial charge in [-0.2, -0.15) is 5.10 Å². The Labute approximate surface area is 118 Å². The van der Waals surface area contributed by atoms with Gasteiger partial charge in [0.1, 0.15) is 5.82 Å². The lowest BCUT2D eigenvalue weighted by Gasteiger charge is -2.06. The molecular weight excluding hydrogens is 254 g/mol. The zero-order valence-electron chi connectivity index (χ0n) is 11.5. The first-order chi connectivity index (χ1) is 9.79. The Kier molecular flexibility index (Phi) is 5.11. The maximum Gasteiger partial charge on any atom is 0.252 e. The van der Waals surface area contributed by atoms with Crippen LogP contribution in [0.25, 0.3) is 0 Å². The molecule has 2 aromatic rings. The van der Waals surface area contributed by atoms with Crippen LogP contribution < -0.4 is 10.6 Å².